The van der Waals surface area contributed by atoms with Gasteiger partial charge in [-0.3, -0.25) is 9.59 Å². The summed E-state index contributed by atoms with van der Waals surface area (Å²) in [7, 11) is 0. The van der Waals surface area contributed by atoms with Gasteiger partial charge in [0.1, 0.15) is 0 Å². The van der Waals surface area contributed by atoms with E-state index in [1.54, 1.807) is 0 Å². The van der Waals surface area contributed by atoms with Gasteiger partial charge in [-0.2, -0.15) is 13.2 Å². The van der Waals surface area contributed by atoms with Crippen LogP contribution in [0.3, 0.4) is 0 Å². The van der Waals surface area contributed by atoms with Crippen LogP contribution in [0.2, 0.25) is 5.02 Å². The molecular formula is C9H4ClF3N2O2. The van der Waals surface area contributed by atoms with Crippen LogP contribution in [0, 0.1) is 0 Å². The Morgan fingerprint density at radius 3 is 2.24 bits per heavy atom. The summed E-state index contributed by atoms with van der Waals surface area (Å²) >= 11 is 5.51. The van der Waals surface area contributed by atoms with E-state index in [-0.39, 0.29) is 10.5 Å². The second kappa shape index (κ2) is 3.63. The van der Waals surface area contributed by atoms with Crippen molar-refractivity contribution in [2.45, 2.75) is 6.18 Å². The molecule has 0 fully saturated rings. The second-order valence-electron chi connectivity index (χ2n) is 3.28. The highest BCUT2D eigenvalue weighted by molar-refractivity contribution is 6.31. The summed E-state index contributed by atoms with van der Waals surface area (Å²) in [6.07, 6.45) is -4.68. The second-order valence-corrected chi connectivity index (χ2v) is 3.72. The first-order valence-electron chi connectivity index (χ1n) is 4.32. The summed E-state index contributed by atoms with van der Waals surface area (Å²) in [5, 5.41) is -0.187. The number of rotatable bonds is 0. The molecule has 1 heterocycles. The average molecular weight is 265 g/mol. The van der Waals surface area contributed by atoms with Crippen LogP contribution < -0.4 is 11.1 Å². The van der Waals surface area contributed by atoms with E-state index in [0.29, 0.717) is 6.07 Å². The van der Waals surface area contributed by atoms with Gasteiger partial charge in [0.25, 0.3) is 0 Å². The molecule has 0 aliphatic carbocycles. The summed E-state index contributed by atoms with van der Waals surface area (Å²) in [5.74, 6) is 0. The molecule has 17 heavy (non-hydrogen) atoms. The van der Waals surface area contributed by atoms with Gasteiger partial charge in [0.2, 0.25) is 0 Å². The van der Waals surface area contributed by atoms with E-state index in [1.165, 1.54) is 0 Å². The number of aromatic nitrogens is 2. The molecule has 0 atom stereocenters. The van der Waals surface area contributed by atoms with E-state index in [1.807, 2.05) is 9.97 Å². The Hall–Kier alpha value is -1.76. The Labute approximate surface area is 96.0 Å². The first kappa shape index (κ1) is 11.7. The molecule has 0 saturated carbocycles. The predicted octanol–water partition coefficient (Wildman–Crippen LogP) is 1.89. The van der Waals surface area contributed by atoms with Crippen molar-refractivity contribution in [1.82, 2.24) is 9.97 Å². The number of hydrogen-bond donors (Lipinski definition) is 2. The SMILES string of the molecule is O=c1[nH]c2cc(Cl)cc(C(F)(F)F)c2[nH]c1=O. The lowest BCUT2D eigenvalue weighted by Gasteiger charge is -2.10. The fraction of sp³-hybridized carbons (Fsp3) is 0.111. The Bertz CT molecular complexity index is 702. The van der Waals surface area contributed by atoms with Crippen LogP contribution in [-0.4, -0.2) is 9.97 Å². The molecule has 0 saturated heterocycles. The van der Waals surface area contributed by atoms with Crippen molar-refractivity contribution in [3.05, 3.63) is 43.4 Å². The molecule has 0 radical (unpaired) electrons. The molecule has 2 N–H and O–H groups in total. The Morgan fingerprint density at radius 1 is 1.06 bits per heavy atom. The van der Waals surface area contributed by atoms with Crippen molar-refractivity contribution in [2.75, 3.05) is 0 Å². The highest BCUT2D eigenvalue weighted by Gasteiger charge is 2.33. The minimum Gasteiger partial charge on any atom is -0.316 e. The number of aromatic amines is 2. The first-order chi connectivity index (χ1) is 7.79. The van der Waals surface area contributed by atoms with Crippen LogP contribution in [0.1, 0.15) is 5.56 Å². The summed E-state index contributed by atoms with van der Waals surface area (Å²) in [6.45, 7) is 0. The minimum absolute atomic E-state index is 0.172. The number of nitrogens with one attached hydrogen (secondary N) is 2. The Kier molecular flexibility index (Phi) is 2.50. The van der Waals surface area contributed by atoms with E-state index in [9.17, 15) is 22.8 Å². The molecule has 1 aromatic carbocycles. The molecule has 0 spiro atoms. The van der Waals surface area contributed by atoms with E-state index in [0.717, 1.165) is 6.07 Å². The molecule has 4 nitrogen and oxygen atoms in total. The number of fused-ring (bicyclic) bond motifs is 1. The van der Waals surface area contributed by atoms with Gasteiger partial charge in [0, 0.05) is 5.02 Å². The van der Waals surface area contributed by atoms with E-state index in [4.69, 9.17) is 11.6 Å². The van der Waals surface area contributed by atoms with Crippen LogP contribution in [0.15, 0.2) is 21.7 Å². The summed E-state index contributed by atoms with van der Waals surface area (Å²) in [4.78, 5) is 25.9. The Balaban J connectivity index is 2.98. The normalized spacial score (nSPS) is 12.0. The summed E-state index contributed by atoms with van der Waals surface area (Å²) in [6, 6.07) is 1.81. The topological polar surface area (TPSA) is 65.7 Å². The van der Waals surface area contributed by atoms with Crippen molar-refractivity contribution in [3.63, 3.8) is 0 Å². The van der Waals surface area contributed by atoms with Crippen LogP contribution in [-0.2, 0) is 6.18 Å². The van der Waals surface area contributed by atoms with Gasteiger partial charge in [-0.1, -0.05) is 11.6 Å². The number of H-pyrrole nitrogens is 2. The molecule has 1 aromatic heterocycles. The molecule has 2 aromatic rings. The van der Waals surface area contributed by atoms with E-state index in [2.05, 4.69) is 0 Å². The van der Waals surface area contributed by atoms with Crippen molar-refractivity contribution in [1.29, 1.82) is 0 Å². The minimum atomic E-state index is -4.68. The van der Waals surface area contributed by atoms with Crippen LogP contribution in [0.25, 0.3) is 11.0 Å². The molecule has 0 amide bonds. The van der Waals surface area contributed by atoms with Gasteiger partial charge in [0.15, 0.2) is 0 Å². The molecule has 0 unspecified atom stereocenters. The smallest absolute Gasteiger partial charge is 0.316 e. The van der Waals surface area contributed by atoms with Crippen molar-refractivity contribution >= 4 is 22.6 Å². The fourth-order valence-electron chi connectivity index (χ4n) is 1.41. The largest absolute Gasteiger partial charge is 0.418 e. The average Bonchev–Trinajstić information content (AvgIpc) is 2.18. The van der Waals surface area contributed by atoms with Gasteiger partial charge < -0.3 is 9.97 Å². The summed E-state index contributed by atoms with van der Waals surface area (Å²) in [5.41, 5.74) is -3.95. The van der Waals surface area contributed by atoms with Crippen LogP contribution >= 0.6 is 11.6 Å². The molecule has 0 aliphatic heterocycles. The third-order valence-corrected chi connectivity index (χ3v) is 2.32. The number of alkyl halides is 3. The highest BCUT2D eigenvalue weighted by Crippen LogP contribution is 2.34. The molecule has 8 heteroatoms. The molecule has 0 bridgehead atoms. The van der Waals surface area contributed by atoms with Crippen LogP contribution in [0.5, 0.6) is 0 Å². The third-order valence-electron chi connectivity index (χ3n) is 2.10. The van der Waals surface area contributed by atoms with Gasteiger partial charge >= 0.3 is 17.3 Å². The number of halogens is 4. The highest BCUT2D eigenvalue weighted by atomic mass is 35.5. The van der Waals surface area contributed by atoms with Gasteiger partial charge in [-0.05, 0) is 12.1 Å². The van der Waals surface area contributed by atoms with E-state index >= 15 is 0 Å². The summed E-state index contributed by atoms with van der Waals surface area (Å²) < 4.78 is 38.0. The lowest BCUT2D eigenvalue weighted by atomic mass is 10.1. The molecule has 2 rings (SSSR count). The molecular weight excluding hydrogens is 261 g/mol. The number of hydrogen-bond acceptors (Lipinski definition) is 2. The van der Waals surface area contributed by atoms with Gasteiger partial charge in [0.05, 0.1) is 16.6 Å². The monoisotopic (exact) mass is 264 g/mol. The van der Waals surface area contributed by atoms with Gasteiger partial charge in [-0.15, -0.1) is 0 Å². The van der Waals surface area contributed by atoms with E-state index < -0.39 is 28.4 Å². The number of benzene rings is 1. The Morgan fingerprint density at radius 2 is 1.65 bits per heavy atom. The van der Waals surface area contributed by atoms with Crippen molar-refractivity contribution in [3.8, 4) is 0 Å². The van der Waals surface area contributed by atoms with Crippen molar-refractivity contribution in [2.24, 2.45) is 0 Å². The maximum Gasteiger partial charge on any atom is 0.418 e. The third kappa shape index (κ3) is 2.05. The zero-order valence-electron chi connectivity index (χ0n) is 7.98. The lowest BCUT2D eigenvalue weighted by molar-refractivity contribution is -0.136. The van der Waals surface area contributed by atoms with Crippen molar-refractivity contribution < 1.29 is 13.2 Å². The maximum atomic E-state index is 12.7. The quantitative estimate of drug-likeness (QED) is 0.714. The zero-order chi connectivity index (χ0) is 12.8. The lowest BCUT2D eigenvalue weighted by Crippen LogP contribution is -2.29. The predicted molar refractivity (Wildman–Crippen MR) is 55.2 cm³/mol. The zero-order valence-corrected chi connectivity index (χ0v) is 8.74. The standard InChI is InChI=1S/C9H4ClF3N2O2/c10-3-1-4(9(11,12)13)6-5(2-3)14-7(16)8(17)15-6/h1-2H,(H,14,16)(H,15,17). The maximum absolute atomic E-state index is 12.7. The molecule has 90 valence electrons. The first-order valence-corrected chi connectivity index (χ1v) is 4.70. The van der Waals surface area contributed by atoms with Gasteiger partial charge in [-0.25, -0.2) is 0 Å². The van der Waals surface area contributed by atoms with Crippen LogP contribution in [0.4, 0.5) is 13.2 Å². The fourth-order valence-corrected chi connectivity index (χ4v) is 1.63. The molecule has 0 aliphatic rings.